The number of methoxy groups -OCH3 is 1. The topological polar surface area (TPSA) is 53.1 Å². The van der Waals surface area contributed by atoms with Crippen LogP contribution in [0.15, 0.2) is 24.5 Å². The Kier molecular flexibility index (Phi) is 2.82. The number of imidazole rings is 1. The molecule has 3 rings (SSSR count). The SMILES string of the molecule is COc1ccc2c(c1)C(N)C(n1cnc(C)c1C)C2. The van der Waals surface area contributed by atoms with E-state index in [1.54, 1.807) is 7.11 Å². The fourth-order valence-corrected chi connectivity index (χ4v) is 2.88. The third-order valence-electron chi connectivity index (χ3n) is 4.20. The minimum absolute atomic E-state index is 0.00241. The summed E-state index contributed by atoms with van der Waals surface area (Å²) in [6, 6.07) is 6.42. The van der Waals surface area contributed by atoms with E-state index in [0.29, 0.717) is 0 Å². The summed E-state index contributed by atoms with van der Waals surface area (Å²) in [5.41, 5.74) is 11.2. The summed E-state index contributed by atoms with van der Waals surface area (Å²) in [5.74, 6) is 0.869. The zero-order valence-corrected chi connectivity index (χ0v) is 11.6. The molecule has 0 fully saturated rings. The first-order valence-electron chi connectivity index (χ1n) is 6.54. The van der Waals surface area contributed by atoms with E-state index in [0.717, 1.165) is 17.9 Å². The molecule has 0 bridgehead atoms. The molecule has 2 aromatic rings. The van der Waals surface area contributed by atoms with E-state index in [9.17, 15) is 0 Å². The highest BCUT2D eigenvalue weighted by molar-refractivity contribution is 5.42. The number of benzene rings is 1. The van der Waals surface area contributed by atoms with Gasteiger partial charge in [0.1, 0.15) is 5.75 Å². The van der Waals surface area contributed by atoms with E-state index in [1.165, 1.54) is 16.8 Å². The number of fused-ring (bicyclic) bond motifs is 1. The molecule has 0 saturated heterocycles. The van der Waals surface area contributed by atoms with Crippen molar-refractivity contribution in [3.8, 4) is 5.75 Å². The number of rotatable bonds is 2. The van der Waals surface area contributed by atoms with E-state index in [-0.39, 0.29) is 12.1 Å². The Morgan fingerprint density at radius 1 is 1.37 bits per heavy atom. The second-order valence-electron chi connectivity index (χ2n) is 5.18. The Morgan fingerprint density at radius 3 is 2.79 bits per heavy atom. The Balaban J connectivity index is 1.99. The van der Waals surface area contributed by atoms with Gasteiger partial charge < -0.3 is 15.0 Å². The molecular weight excluding hydrogens is 238 g/mol. The average molecular weight is 257 g/mol. The third kappa shape index (κ3) is 1.83. The number of nitrogens with two attached hydrogens (primary N) is 1. The summed E-state index contributed by atoms with van der Waals surface area (Å²) in [4.78, 5) is 4.37. The molecule has 4 heteroatoms. The van der Waals surface area contributed by atoms with Crippen molar-refractivity contribution in [3.63, 3.8) is 0 Å². The van der Waals surface area contributed by atoms with Crippen molar-refractivity contribution in [1.29, 1.82) is 0 Å². The summed E-state index contributed by atoms with van der Waals surface area (Å²) >= 11 is 0. The van der Waals surface area contributed by atoms with E-state index >= 15 is 0 Å². The first-order valence-corrected chi connectivity index (χ1v) is 6.54. The fourth-order valence-electron chi connectivity index (χ4n) is 2.88. The fraction of sp³-hybridized carbons (Fsp3) is 0.400. The van der Waals surface area contributed by atoms with Crippen molar-refractivity contribution in [2.45, 2.75) is 32.4 Å². The molecule has 4 nitrogen and oxygen atoms in total. The first-order chi connectivity index (χ1) is 9.11. The van der Waals surface area contributed by atoms with Gasteiger partial charge in [0.2, 0.25) is 0 Å². The van der Waals surface area contributed by atoms with Gasteiger partial charge in [-0.25, -0.2) is 4.98 Å². The Bertz CT molecular complexity index is 618. The minimum atomic E-state index is -0.00241. The summed E-state index contributed by atoms with van der Waals surface area (Å²) in [7, 11) is 1.68. The minimum Gasteiger partial charge on any atom is -0.497 e. The summed E-state index contributed by atoms with van der Waals surface area (Å²) in [5, 5.41) is 0. The van der Waals surface area contributed by atoms with Gasteiger partial charge in [-0.15, -0.1) is 0 Å². The van der Waals surface area contributed by atoms with Gasteiger partial charge in [0.15, 0.2) is 0 Å². The van der Waals surface area contributed by atoms with Gasteiger partial charge in [-0.2, -0.15) is 0 Å². The van der Waals surface area contributed by atoms with Crippen LogP contribution in [0, 0.1) is 13.8 Å². The van der Waals surface area contributed by atoms with Crippen LogP contribution in [0.25, 0.3) is 0 Å². The van der Waals surface area contributed by atoms with Crippen molar-refractivity contribution >= 4 is 0 Å². The van der Waals surface area contributed by atoms with Crippen molar-refractivity contribution in [2.24, 2.45) is 5.73 Å². The second kappa shape index (κ2) is 4.38. The molecule has 1 aliphatic carbocycles. The van der Waals surface area contributed by atoms with E-state index in [2.05, 4.69) is 28.6 Å². The molecule has 0 spiro atoms. The number of hydrogen-bond acceptors (Lipinski definition) is 3. The lowest BCUT2D eigenvalue weighted by atomic mass is 10.1. The normalized spacial score (nSPS) is 21.5. The quantitative estimate of drug-likeness (QED) is 0.898. The maximum Gasteiger partial charge on any atom is 0.119 e. The molecule has 2 atom stereocenters. The highest BCUT2D eigenvalue weighted by Crippen LogP contribution is 2.39. The van der Waals surface area contributed by atoms with Crippen LogP contribution in [0.5, 0.6) is 5.75 Å². The molecule has 2 N–H and O–H groups in total. The maximum absolute atomic E-state index is 6.42. The zero-order chi connectivity index (χ0) is 13.6. The standard InChI is InChI=1S/C15H19N3O/c1-9-10(2)18(8-17-9)14-6-11-4-5-12(19-3)7-13(11)15(14)16/h4-5,7-8,14-15H,6,16H2,1-3H3. The number of hydrogen-bond donors (Lipinski definition) is 1. The van der Waals surface area contributed by atoms with Crippen LogP contribution in [0.2, 0.25) is 0 Å². The molecule has 1 heterocycles. The molecule has 0 saturated carbocycles. The highest BCUT2D eigenvalue weighted by atomic mass is 16.5. The highest BCUT2D eigenvalue weighted by Gasteiger charge is 2.32. The van der Waals surface area contributed by atoms with Gasteiger partial charge in [0.25, 0.3) is 0 Å². The van der Waals surface area contributed by atoms with Gasteiger partial charge in [0, 0.05) is 5.69 Å². The second-order valence-corrected chi connectivity index (χ2v) is 5.18. The smallest absolute Gasteiger partial charge is 0.119 e. The van der Waals surface area contributed by atoms with Crippen molar-refractivity contribution in [2.75, 3.05) is 7.11 Å². The van der Waals surface area contributed by atoms with Crippen molar-refractivity contribution < 1.29 is 4.74 Å². The van der Waals surface area contributed by atoms with Crippen LogP contribution in [-0.2, 0) is 6.42 Å². The predicted octanol–water partition coefficient (Wildman–Crippen LogP) is 2.31. The van der Waals surface area contributed by atoms with Crippen LogP contribution in [-0.4, -0.2) is 16.7 Å². The largest absolute Gasteiger partial charge is 0.497 e. The molecular formula is C15H19N3O. The summed E-state index contributed by atoms with van der Waals surface area (Å²) in [6.07, 6.45) is 2.86. The molecule has 0 radical (unpaired) electrons. The van der Waals surface area contributed by atoms with Crippen LogP contribution < -0.4 is 10.5 Å². The number of nitrogens with zero attached hydrogens (tertiary/aromatic N) is 2. The lowest BCUT2D eigenvalue weighted by Gasteiger charge is -2.19. The maximum atomic E-state index is 6.42. The van der Waals surface area contributed by atoms with Gasteiger partial charge in [-0.1, -0.05) is 6.07 Å². The summed E-state index contributed by atoms with van der Waals surface area (Å²) in [6.45, 7) is 4.13. The molecule has 19 heavy (non-hydrogen) atoms. The molecule has 1 aromatic heterocycles. The molecule has 1 aromatic carbocycles. The van der Waals surface area contributed by atoms with Gasteiger partial charge >= 0.3 is 0 Å². The Hall–Kier alpha value is -1.81. The zero-order valence-electron chi connectivity index (χ0n) is 11.6. The monoisotopic (exact) mass is 257 g/mol. The molecule has 1 aliphatic rings. The number of aromatic nitrogens is 2. The van der Waals surface area contributed by atoms with E-state index < -0.39 is 0 Å². The third-order valence-corrected chi connectivity index (χ3v) is 4.20. The van der Waals surface area contributed by atoms with Crippen molar-refractivity contribution in [3.05, 3.63) is 47.0 Å². The van der Waals surface area contributed by atoms with Crippen LogP contribution in [0.1, 0.15) is 34.6 Å². The Morgan fingerprint density at radius 2 is 2.16 bits per heavy atom. The molecule has 0 aliphatic heterocycles. The number of aryl methyl sites for hydroxylation is 1. The van der Waals surface area contributed by atoms with E-state index in [1.807, 2.05) is 19.3 Å². The lowest BCUT2D eigenvalue weighted by molar-refractivity contribution is 0.412. The van der Waals surface area contributed by atoms with Crippen LogP contribution in [0.4, 0.5) is 0 Å². The molecule has 2 unspecified atom stereocenters. The summed E-state index contributed by atoms with van der Waals surface area (Å²) < 4.78 is 7.48. The van der Waals surface area contributed by atoms with Gasteiger partial charge in [0.05, 0.1) is 31.2 Å². The molecule has 100 valence electrons. The predicted molar refractivity (Wildman–Crippen MR) is 74.4 cm³/mol. The molecule has 0 amide bonds. The number of ether oxygens (including phenoxy) is 1. The van der Waals surface area contributed by atoms with E-state index in [4.69, 9.17) is 10.5 Å². The average Bonchev–Trinajstić information content (AvgIpc) is 2.92. The first kappa shape index (κ1) is 12.2. The van der Waals surface area contributed by atoms with Crippen LogP contribution >= 0.6 is 0 Å². The van der Waals surface area contributed by atoms with Gasteiger partial charge in [-0.3, -0.25) is 0 Å². The van der Waals surface area contributed by atoms with Crippen molar-refractivity contribution in [1.82, 2.24) is 9.55 Å². The van der Waals surface area contributed by atoms with Crippen LogP contribution in [0.3, 0.4) is 0 Å². The lowest BCUT2D eigenvalue weighted by Crippen LogP contribution is -2.21. The Labute approximate surface area is 113 Å². The van der Waals surface area contributed by atoms with Gasteiger partial charge in [-0.05, 0) is 43.5 Å².